The first-order valence-electron chi connectivity index (χ1n) is 10.8. The molecule has 1 aliphatic carbocycles. The molecular formula is C23H28FN3O5. The molecule has 9 heteroatoms. The summed E-state index contributed by atoms with van der Waals surface area (Å²) in [6.07, 6.45) is 2.74. The SMILES string of the molecule is C[C@@H]1CN(c2cc3c(cc2F)c(=O)c(C(=O)O)cn3C2CC2)CCN1C(=O)OC(C)(C)C. The van der Waals surface area contributed by atoms with Gasteiger partial charge in [0.1, 0.15) is 17.0 Å². The summed E-state index contributed by atoms with van der Waals surface area (Å²) in [5, 5.41) is 9.46. The summed E-state index contributed by atoms with van der Waals surface area (Å²) in [6.45, 7) is 8.51. The summed E-state index contributed by atoms with van der Waals surface area (Å²) in [7, 11) is 0. The maximum atomic E-state index is 15.1. The van der Waals surface area contributed by atoms with E-state index < -0.39 is 28.9 Å². The number of rotatable bonds is 3. The van der Waals surface area contributed by atoms with Crippen LogP contribution in [0, 0.1) is 5.82 Å². The van der Waals surface area contributed by atoms with Gasteiger partial charge in [-0.1, -0.05) is 0 Å². The molecular weight excluding hydrogens is 417 g/mol. The summed E-state index contributed by atoms with van der Waals surface area (Å²) < 4.78 is 22.4. The average Bonchev–Trinajstić information content (AvgIpc) is 3.51. The number of hydrogen-bond donors (Lipinski definition) is 1. The highest BCUT2D eigenvalue weighted by atomic mass is 19.1. The van der Waals surface area contributed by atoms with Gasteiger partial charge in [-0.15, -0.1) is 0 Å². The minimum Gasteiger partial charge on any atom is -0.477 e. The first kappa shape index (κ1) is 22.1. The van der Waals surface area contributed by atoms with Crippen molar-refractivity contribution >= 4 is 28.7 Å². The fourth-order valence-electron chi connectivity index (χ4n) is 4.18. The Hall–Kier alpha value is -3.10. The summed E-state index contributed by atoms with van der Waals surface area (Å²) in [5.74, 6) is -1.90. The van der Waals surface area contributed by atoms with E-state index in [0.717, 1.165) is 18.9 Å². The summed E-state index contributed by atoms with van der Waals surface area (Å²) >= 11 is 0. The molecule has 1 aromatic heterocycles. The number of benzene rings is 1. The number of pyridine rings is 1. The van der Waals surface area contributed by atoms with Gasteiger partial charge in [-0.3, -0.25) is 4.79 Å². The predicted octanol–water partition coefficient (Wildman–Crippen LogP) is 3.62. The van der Waals surface area contributed by atoms with E-state index in [1.54, 1.807) is 15.5 Å². The largest absolute Gasteiger partial charge is 0.477 e. The van der Waals surface area contributed by atoms with Crippen LogP contribution in [0.15, 0.2) is 23.1 Å². The Morgan fingerprint density at radius 3 is 2.44 bits per heavy atom. The van der Waals surface area contributed by atoms with E-state index in [1.807, 2.05) is 32.6 Å². The Kier molecular flexibility index (Phi) is 5.38. The molecule has 2 heterocycles. The number of carbonyl (C=O) groups excluding carboxylic acids is 1. The highest BCUT2D eigenvalue weighted by Gasteiger charge is 2.33. The van der Waals surface area contributed by atoms with Crippen LogP contribution in [-0.4, -0.2) is 57.9 Å². The lowest BCUT2D eigenvalue weighted by atomic mass is 10.1. The third kappa shape index (κ3) is 4.16. The highest BCUT2D eigenvalue weighted by Crippen LogP contribution is 2.38. The second-order valence-electron chi connectivity index (χ2n) is 9.61. The van der Waals surface area contributed by atoms with Crippen molar-refractivity contribution < 1.29 is 23.8 Å². The second kappa shape index (κ2) is 7.79. The minimum absolute atomic E-state index is 0.0680. The van der Waals surface area contributed by atoms with Crippen molar-refractivity contribution in [1.82, 2.24) is 9.47 Å². The van der Waals surface area contributed by atoms with Gasteiger partial charge in [-0.25, -0.2) is 14.0 Å². The maximum absolute atomic E-state index is 15.1. The van der Waals surface area contributed by atoms with E-state index in [1.165, 1.54) is 6.20 Å². The minimum atomic E-state index is -1.32. The van der Waals surface area contributed by atoms with Crippen LogP contribution >= 0.6 is 0 Å². The number of aromatic carboxylic acids is 1. The molecule has 2 aliphatic rings. The Labute approximate surface area is 185 Å². The number of carboxylic acid groups (broad SMARTS) is 1. The molecule has 1 aromatic carbocycles. The molecule has 1 N–H and O–H groups in total. The number of aromatic nitrogens is 1. The van der Waals surface area contributed by atoms with Crippen molar-refractivity contribution in [2.45, 2.75) is 58.2 Å². The molecule has 2 fully saturated rings. The lowest BCUT2D eigenvalue weighted by molar-refractivity contribution is 0.0158. The Balaban J connectivity index is 1.67. The van der Waals surface area contributed by atoms with Crippen molar-refractivity contribution in [3.8, 4) is 0 Å². The zero-order chi connectivity index (χ0) is 23.4. The van der Waals surface area contributed by atoms with Gasteiger partial charge in [0.15, 0.2) is 0 Å². The van der Waals surface area contributed by atoms with E-state index in [9.17, 15) is 19.5 Å². The standard InChI is InChI=1S/C23H28FN3O5/c1-13-11-25(7-8-26(13)22(31)32-23(2,3)4)19-10-18-15(9-17(19)24)20(28)16(21(29)30)12-27(18)14-5-6-14/h9-10,12-14H,5-8,11H2,1-4H3,(H,29,30)/t13-/m1/s1. The Morgan fingerprint density at radius 1 is 1.19 bits per heavy atom. The van der Waals surface area contributed by atoms with Gasteiger partial charge in [0.25, 0.3) is 0 Å². The molecule has 1 atom stereocenters. The molecule has 0 spiro atoms. The number of nitrogens with zero attached hydrogens (tertiary/aromatic N) is 3. The van der Waals surface area contributed by atoms with Gasteiger partial charge in [0.2, 0.25) is 5.43 Å². The van der Waals surface area contributed by atoms with Crippen LogP contribution in [0.4, 0.5) is 14.9 Å². The smallest absolute Gasteiger partial charge is 0.410 e. The van der Waals surface area contributed by atoms with Crippen LogP contribution in [-0.2, 0) is 4.74 Å². The fourth-order valence-corrected chi connectivity index (χ4v) is 4.18. The van der Waals surface area contributed by atoms with Crippen LogP contribution in [0.25, 0.3) is 10.9 Å². The first-order chi connectivity index (χ1) is 15.0. The number of carbonyl (C=O) groups is 2. The van der Waals surface area contributed by atoms with E-state index in [-0.39, 0.29) is 23.0 Å². The third-order valence-corrected chi connectivity index (χ3v) is 5.87. The molecule has 0 radical (unpaired) electrons. The van der Waals surface area contributed by atoms with E-state index in [2.05, 4.69) is 0 Å². The number of fused-ring (bicyclic) bond motifs is 1. The number of piperazine rings is 1. The zero-order valence-corrected chi connectivity index (χ0v) is 18.7. The van der Waals surface area contributed by atoms with E-state index >= 15 is 4.39 Å². The third-order valence-electron chi connectivity index (χ3n) is 5.87. The van der Waals surface area contributed by atoms with Crippen LogP contribution in [0.5, 0.6) is 0 Å². The van der Waals surface area contributed by atoms with Gasteiger partial charge in [0.05, 0.1) is 11.2 Å². The van der Waals surface area contributed by atoms with Crippen LogP contribution in [0.1, 0.15) is 56.9 Å². The zero-order valence-electron chi connectivity index (χ0n) is 18.7. The normalized spacial score (nSPS) is 19.3. The van der Waals surface area contributed by atoms with Crippen LogP contribution < -0.4 is 10.3 Å². The number of amides is 1. The van der Waals surface area contributed by atoms with Crippen molar-refractivity contribution in [2.75, 3.05) is 24.5 Å². The molecule has 1 saturated carbocycles. The number of hydrogen-bond acceptors (Lipinski definition) is 5. The van der Waals surface area contributed by atoms with Crippen LogP contribution in [0.3, 0.4) is 0 Å². The average molecular weight is 445 g/mol. The molecule has 32 heavy (non-hydrogen) atoms. The van der Waals surface area contributed by atoms with Gasteiger partial charge >= 0.3 is 12.1 Å². The molecule has 8 nitrogen and oxygen atoms in total. The van der Waals surface area contributed by atoms with Crippen molar-refractivity contribution in [3.05, 3.63) is 39.9 Å². The highest BCUT2D eigenvalue weighted by molar-refractivity contribution is 5.93. The molecule has 1 amide bonds. The van der Waals surface area contributed by atoms with Crippen molar-refractivity contribution in [1.29, 1.82) is 0 Å². The first-order valence-corrected chi connectivity index (χ1v) is 10.8. The Bertz CT molecular complexity index is 1150. The van der Waals surface area contributed by atoms with Gasteiger partial charge < -0.3 is 24.2 Å². The van der Waals surface area contributed by atoms with Gasteiger partial charge in [0, 0.05) is 43.3 Å². The summed E-state index contributed by atoms with van der Waals surface area (Å²) in [4.78, 5) is 40.1. The van der Waals surface area contributed by atoms with Crippen LogP contribution in [0.2, 0.25) is 0 Å². The predicted molar refractivity (Wildman–Crippen MR) is 118 cm³/mol. The van der Waals surface area contributed by atoms with E-state index in [0.29, 0.717) is 30.8 Å². The van der Waals surface area contributed by atoms with Crippen molar-refractivity contribution in [2.24, 2.45) is 0 Å². The lowest BCUT2D eigenvalue weighted by Gasteiger charge is -2.41. The quantitative estimate of drug-likeness (QED) is 0.776. The van der Waals surface area contributed by atoms with Gasteiger partial charge in [-0.2, -0.15) is 0 Å². The maximum Gasteiger partial charge on any atom is 0.410 e. The number of carboxylic acids is 1. The summed E-state index contributed by atoms with van der Waals surface area (Å²) in [5.41, 5.74) is -0.764. The summed E-state index contributed by atoms with van der Waals surface area (Å²) in [6, 6.07) is 2.68. The topological polar surface area (TPSA) is 92.1 Å². The monoisotopic (exact) mass is 445 g/mol. The molecule has 4 rings (SSSR count). The fraction of sp³-hybridized carbons (Fsp3) is 0.522. The number of ether oxygens (including phenoxy) is 1. The molecule has 0 bridgehead atoms. The number of anilines is 1. The Morgan fingerprint density at radius 2 is 1.88 bits per heavy atom. The van der Waals surface area contributed by atoms with Gasteiger partial charge in [-0.05, 0) is 52.7 Å². The molecule has 1 aliphatic heterocycles. The molecule has 1 saturated heterocycles. The molecule has 2 aromatic rings. The second-order valence-corrected chi connectivity index (χ2v) is 9.61. The van der Waals surface area contributed by atoms with Crippen molar-refractivity contribution in [3.63, 3.8) is 0 Å². The molecule has 0 unspecified atom stereocenters. The van der Waals surface area contributed by atoms with E-state index in [4.69, 9.17) is 4.74 Å². The number of halogens is 1. The lowest BCUT2D eigenvalue weighted by Crippen LogP contribution is -2.55. The molecule has 172 valence electrons.